The van der Waals surface area contributed by atoms with Crippen molar-refractivity contribution in [1.82, 2.24) is 0 Å². The van der Waals surface area contributed by atoms with Gasteiger partial charge in [-0.25, -0.2) is 4.79 Å². The predicted molar refractivity (Wildman–Crippen MR) is 91.4 cm³/mol. The van der Waals surface area contributed by atoms with Crippen LogP contribution in [0.3, 0.4) is 0 Å². The number of carbonyl (C=O) groups is 1. The van der Waals surface area contributed by atoms with Crippen LogP contribution in [0.25, 0.3) is 0 Å². The number of aromatic carboxylic acids is 1. The van der Waals surface area contributed by atoms with Crippen molar-refractivity contribution >= 4 is 5.97 Å². The maximum Gasteiger partial charge on any atom is 0.336 e. The Labute approximate surface area is 138 Å². The largest absolute Gasteiger partial charge is 0.508 e. The van der Waals surface area contributed by atoms with Crippen molar-refractivity contribution in [3.05, 3.63) is 40.0 Å². The number of phenolic OH excluding ortho intramolecular Hbond substituents is 1. The minimum absolute atomic E-state index is 0.136. The normalized spacial score (nSPS) is 28.9. The Balaban J connectivity index is 2.34. The Morgan fingerprint density at radius 3 is 2.48 bits per heavy atom. The van der Waals surface area contributed by atoms with Crippen molar-refractivity contribution < 1.29 is 15.0 Å². The smallest absolute Gasteiger partial charge is 0.336 e. The molecule has 0 aromatic heterocycles. The number of phenols is 1. The Kier molecular flexibility index (Phi) is 3.99. The van der Waals surface area contributed by atoms with Gasteiger partial charge in [0.05, 0.1) is 5.56 Å². The molecule has 124 valence electrons. The monoisotopic (exact) mass is 314 g/mol. The lowest BCUT2D eigenvalue weighted by molar-refractivity contribution is 0.0693. The lowest BCUT2D eigenvalue weighted by Gasteiger charge is -2.42. The number of hydrogen-bond donors (Lipinski definition) is 2. The molecule has 4 atom stereocenters. The van der Waals surface area contributed by atoms with E-state index >= 15 is 0 Å². The van der Waals surface area contributed by atoms with Crippen molar-refractivity contribution in [3.63, 3.8) is 0 Å². The fraction of sp³-hybridized carbons (Fsp3) is 0.550. The fourth-order valence-electron chi connectivity index (χ4n) is 4.74. The maximum absolute atomic E-state index is 11.8. The highest BCUT2D eigenvalue weighted by Crippen LogP contribution is 2.55. The molecule has 0 saturated heterocycles. The molecule has 3 nitrogen and oxygen atoms in total. The molecule has 3 rings (SSSR count). The standard InChI is InChI=1S/C20H26O3/c1-10(2)7-13-8-12(4)14-6-5-11(3)17-16(21)9-15(20(22)23)18(13)19(14)17/h7,9,11-14,21H,5-6,8H2,1-4H3,(H,22,23)/t11-,12+,13-,14+/m1/s1. The van der Waals surface area contributed by atoms with Gasteiger partial charge in [0.25, 0.3) is 0 Å². The van der Waals surface area contributed by atoms with Crippen molar-refractivity contribution in [3.8, 4) is 5.75 Å². The van der Waals surface area contributed by atoms with Crippen LogP contribution in [0.15, 0.2) is 17.7 Å². The van der Waals surface area contributed by atoms with Crippen molar-refractivity contribution in [2.24, 2.45) is 5.92 Å². The summed E-state index contributed by atoms with van der Waals surface area (Å²) in [4.78, 5) is 11.8. The number of carboxylic acids is 1. The Morgan fingerprint density at radius 1 is 1.17 bits per heavy atom. The van der Waals surface area contributed by atoms with Crippen LogP contribution in [-0.4, -0.2) is 16.2 Å². The number of hydrogen-bond acceptors (Lipinski definition) is 2. The van der Waals surface area contributed by atoms with Gasteiger partial charge in [0.15, 0.2) is 0 Å². The third-order valence-corrected chi connectivity index (χ3v) is 5.65. The third-order valence-electron chi connectivity index (χ3n) is 5.65. The molecule has 0 bridgehead atoms. The van der Waals surface area contributed by atoms with E-state index in [2.05, 4.69) is 33.8 Å². The van der Waals surface area contributed by atoms with Gasteiger partial charge in [-0.15, -0.1) is 0 Å². The van der Waals surface area contributed by atoms with E-state index in [4.69, 9.17) is 0 Å². The Hall–Kier alpha value is -1.77. The van der Waals surface area contributed by atoms with Crippen LogP contribution in [0, 0.1) is 5.92 Å². The van der Waals surface area contributed by atoms with Crippen molar-refractivity contribution in [1.29, 1.82) is 0 Å². The van der Waals surface area contributed by atoms with Crippen LogP contribution >= 0.6 is 0 Å². The van der Waals surface area contributed by atoms with Gasteiger partial charge in [-0.2, -0.15) is 0 Å². The van der Waals surface area contributed by atoms with E-state index in [1.807, 2.05) is 0 Å². The Bertz CT molecular complexity index is 683. The summed E-state index contributed by atoms with van der Waals surface area (Å²) in [7, 11) is 0. The SMILES string of the molecule is CC(C)=C[C@@H]1C[C@H](C)[C@@H]2CC[C@@H](C)c3c(O)cc(C(=O)O)c1c32. The molecule has 1 aromatic carbocycles. The highest BCUT2D eigenvalue weighted by molar-refractivity contribution is 5.91. The second-order valence-corrected chi connectivity index (χ2v) is 7.64. The van der Waals surface area contributed by atoms with Gasteiger partial charge in [-0.05, 0) is 68.1 Å². The summed E-state index contributed by atoms with van der Waals surface area (Å²) in [5.74, 6) is 0.554. The van der Waals surface area contributed by atoms with E-state index in [9.17, 15) is 15.0 Å². The first-order chi connectivity index (χ1) is 10.8. The van der Waals surface area contributed by atoms with Crippen LogP contribution in [-0.2, 0) is 0 Å². The summed E-state index contributed by atoms with van der Waals surface area (Å²) in [6.45, 7) is 8.53. The van der Waals surface area contributed by atoms with E-state index in [1.54, 1.807) is 0 Å². The topological polar surface area (TPSA) is 57.5 Å². The molecule has 3 heteroatoms. The van der Waals surface area contributed by atoms with Gasteiger partial charge in [0.1, 0.15) is 5.75 Å². The third kappa shape index (κ3) is 2.56. The van der Waals surface area contributed by atoms with Crippen LogP contribution in [0.5, 0.6) is 5.75 Å². The summed E-state index contributed by atoms with van der Waals surface area (Å²) >= 11 is 0. The second kappa shape index (κ2) is 5.70. The zero-order valence-electron chi connectivity index (χ0n) is 14.4. The number of allylic oxidation sites excluding steroid dienone is 2. The maximum atomic E-state index is 11.8. The quantitative estimate of drug-likeness (QED) is 0.741. The minimum atomic E-state index is -0.934. The summed E-state index contributed by atoms with van der Waals surface area (Å²) < 4.78 is 0. The van der Waals surface area contributed by atoms with E-state index in [0.717, 1.165) is 36.0 Å². The van der Waals surface area contributed by atoms with Crippen LogP contribution < -0.4 is 0 Å². The highest BCUT2D eigenvalue weighted by Gasteiger charge is 2.40. The molecule has 2 N–H and O–H groups in total. The first-order valence-electron chi connectivity index (χ1n) is 8.59. The zero-order chi connectivity index (χ0) is 16.9. The molecule has 1 aromatic rings. The molecule has 23 heavy (non-hydrogen) atoms. The molecule has 0 fully saturated rings. The predicted octanol–water partition coefficient (Wildman–Crippen LogP) is 5.16. The molecule has 2 aliphatic rings. The second-order valence-electron chi connectivity index (χ2n) is 7.64. The first-order valence-corrected chi connectivity index (χ1v) is 8.59. The molecule has 2 aliphatic carbocycles. The number of benzene rings is 1. The lowest BCUT2D eigenvalue weighted by Crippen LogP contribution is -2.29. The van der Waals surface area contributed by atoms with E-state index < -0.39 is 5.97 Å². The van der Waals surface area contributed by atoms with E-state index in [-0.39, 0.29) is 17.2 Å². The number of carboxylic acid groups (broad SMARTS) is 1. The molecule has 0 saturated carbocycles. The molecule has 0 heterocycles. The van der Waals surface area contributed by atoms with Crippen molar-refractivity contribution in [2.45, 2.75) is 64.7 Å². The highest BCUT2D eigenvalue weighted by atomic mass is 16.4. The molecule has 0 spiro atoms. The molecular formula is C20H26O3. The Morgan fingerprint density at radius 2 is 1.87 bits per heavy atom. The van der Waals surface area contributed by atoms with Gasteiger partial charge in [0, 0.05) is 11.5 Å². The molecule has 0 radical (unpaired) electrons. The molecule has 0 aliphatic heterocycles. The summed E-state index contributed by atoms with van der Waals surface area (Å²) in [6.07, 6.45) is 5.34. The van der Waals surface area contributed by atoms with Gasteiger partial charge in [-0.3, -0.25) is 0 Å². The van der Waals surface area contributed by atoms with Gasteiger partial charge in [-0.1, -0.05) is 25.5 Å². The lowest BCUT2D eigenvalue weighted by atomic mass is 9.62. The van der Waals surface area contributed by atoms with Crippen LogP contribution in [0.1, 0.15) is 91.8 Å². The van der Waals surface area contributed by atoms with Gasteiger partial charge < -0.3 is 10.2 Å². The average molecular weight is 314 g/mol. The summed E-state index contributed by atoms with van der Waals surface area (Å²) in [5, 5.41) is 20.2. The van der Waals surface area contributed by atoms with Gasteiger partial charge >= 0.3 is 5.97 Å². The summed E-state index contributed by atoms with van der Waals surface area (Å²) in [5.41, 5.74) is 4.60. The van der Waals surface area contributed by atoms with Gasteiger partial charge in [0.2, 0.25) is 0 Å². The minimum Gasteiger partial charge on any atom is -0.508 e. The van der Waals surface area contributed by atoms with Crippen molar-refractivity contribution in [2.75, 3.05) is 0 Å². The molecular weight excluding hydrogens is 288 g/mol. The van der Waals surface area contributed by atoms with Crippen LogP contribution in [0.4, 0.5) is 0 Å². The van der Waals surface area contributed by atoms with Crippen LogP contribution in [0.2, 0.25) is 0 Å². The van der Waals surface area contributed by atoms with E-state index in [0.29, 0.717) is 17.8 Å². The first kappa shape index (κ1) is 16.1. The average Bonchev–Trinajstić information content (AvgIpc) is 2.44. The zero-order valence-corrected chi connectivity index (χ0v) is 14.4. The van der Waals surface area contributed by atoms with E-state index in [1.165, 1.54) is 11.6 Å². The molecule has 0 unspecified atom stereocenters. The number of rotatable bonds is 2. The summed E-state index contributed by atoms with van der Waals surface area (Å²) in [6, 6.07) is 1.48. The number of aromatic hydroxyl groups is 1. The fourth-order valence-corrected chi connectivity index (χ4v) is 4.74. The molecule has 0 amide bonds.